The molecule has 3 aromatic heterocycles. The van der Waals surface area contributed by atoms with Gasteiger partial charge in [0.05, 0.1) is 6.10 Å². The van der Waals surface area contributed by atoms with Gasteiger partial charge >= 0.3 is 0 Å². The highest BCUT2D eigenvalue weighted by Gasteiger charge is 2.23. The van der Waals surface area contributed by atoms with Gasteiger partial charge in [-0.25, -0.2) is 4.52 Å². The molecule has 8 nitrogen and oxygen atoms in total. The van der Waals surface area contributed by atoms with Crippen molar-refractivity contribution in [3.63, 3.8) is 0 Å². The van der Waals surface area contributed by atoms with E-state index in [4.69, 9.17) is 0 Å². The first-order valence-corrected chi connectivity index (χ1v) is 7.26. The highest BCUT2D eigenvalue weighted by atomic mass is 16.3. The summed E-state index contributed by atoms with van der Waals surface area (Å²) in [4.78, 5) is 6.60. The molecule has 1 atom stereocenters. The highest BCUT2D eigenvalue weighted by molar-refractivity contribution is 5.73. The van der Waals surface area contributed by atoms with E-state index in [0.29, 0.717) is 24.1 Å². The van der Waals surface area contributed by atoms with Crippen LogP contribution in [0.3, 0.4) is 0 Å². The Kier molecular flexibility index (Phi) is 2.97. The summed E-state index contributed by atoms with van der Waals surface area (Å²) in [6, 6.07) is 5.79. The maximum atomic E-state index is 9.71. The second kappa shape index (κ2) is 4.99. The molecule has 1 aliphatic rings. The number of nitrogens with one attached hydrogen (secondary N) is 2. The van der Waals surface area contributed by atoms with Gasteiger partial charge in [0, 0.05) is 31.0 Å². The fourth-order valence-corrected chi connectivity index (χ4v) is 2.68. The van der Waals surface area contributed by atoms with E-state index in [0.717, 1.165) is 24.2 Å². The molecule has 0 aromatic carbocycles. The molecular formula is C14H17N7O. The summed E-state index contributed by atoms with van der Waals surface area (Å²) in [6.45, 7) is 3.27. The molecule has 1 fully saturated rings. The van der Waals surface area contributed by atoms with Gasteiger partial charge in [-0.05, 0) is 25.5 Å². The smallest absolute Gasteiger partial charge is 0.245 e. The largest absolute Gasteiger partial charge is 0.391 e. The van der Waals surface area contributed by atoms with E-state index in [-0.39, 0.29) is 6.10 Å². The predicted molar refractivity (Wildman–Crippen MR) is 82.4 cm³/mol. The molecule has 0 saturated carbocycles. The van der Waals surface area contributed by atoms with Crippen molar-refractivity contribution in [3.8, 4) is 0 Å². The summed E-state index contributed by atoms with van der Waals surface area (Å²) >= 11 is 0. The van der Waals surface area contributed by atoms with Crippen LogP contribution < -0.4 is 10.2 Å². The minimum absolute atomic E-state index is 0.311. The second-order valence-electron chi connectivity index (χ2n) is 5.55. The van der Waals surface area contributed by atoms with E-state index in [1.54, 1.807) is 4.52 Å². The van der Waals surface area contributed by atoms with Crippen molar-refractivity contribution in [2.45, 2.75) is 19.4 Å². The SMILES string of the molecule is Cc1cc(Nc2nc(N3CCC(O)C3)nn3cccc23)n[nH]1. The number of fused-ring (bicyclic) bond motifs is 1. The maximum absolute atomic E-state index is 9.71. The van der Waals surface area contributed by atoms with Crippen molar-refractivity contribution >= 4 is 23.1 Å². The van der Waals surface area contributed by atoms with Crippen LogP contribution in [0.25, 0.3) is 5.52 Å². The summed E-state index contributed by atoms with van der Waals surface area (Å²) < 4.78 is 1.79. The molecule has 1 aliphatic heterocycles. The first-order chi connectivity index (χ1) is 10.7. The molecule has 22 heavy (non-hydrogen) atoms. The van der Waals surface area contributed by atoms with Crippen LogP contribution in [-0.4, -0.2) is 49.1 Å². The molecule has 3 N–H and O–H groups in total. The number of nitrogens with zero attached hydrogens (tertiary/aromatic N) is 5. The number of rotatable bonds is 3. The van der Waals surface area contributed by atoms with Crippen molar-refractivity contribution < 1.29 is 5.11 Å². The van der Waals surface area contributed by atoms with E-state index in [2.05, 4.69) is 25.6 Å². The highest BCUT2D eigenvalue weighted by Crippen LogP contribution is 2.23. The average Bonchev–Trinajstić information content (AvgIpc) is 3.20. The maximum Gasteiger partial charge on any atom is 0.245 e. The number of hydrogen-bond donors (Lipinski definition) is 3. The molecule has 4 rings (SSSR count). The van der Waals surface area contributed by atoms with Crippen LogP contribution >= 0.6 is 0 Å². The summed E-state index contributed by atoms with van der Waals surface area (Å²) in [6.07, 6.45) is 2.32. The number of anilines is 3. The summed E-state index contributed by atoms with van der Waals surface area (Å²) in [7, 11) is 0. The van der Waals surface area contributed by atoms with Gasteiger partial charge in [-0.3, -0.25) is 5.10 Å². The molecule has 0 aliphatic carbocycles. The molecule has 8 heteroatoms. The zero-order chi connectivity index (χ0) is 15.1. The number of H-pyrrole nitrogens is 1. The lowest BCUT2D eigenvalue weighted by atomic mass is 10.3. The van der Waals surface area contributed by atoms with E-state index >= 15 is 0 Å². The Hall–Kier alpha value is -2.61. The fraction of sp³-hybridized carbons (Fsp3) is 0.357. The van der Waals surface area contributed by atoms with Crippen LogP contribution in [0.5, 0.6) is 0 Å². The van der Waals surface area contributed by atoms with E-state index in [1.165, 1.54) is 0 Å². The third kappa shape index (κ3) is 2.27. The molecule has 0 spiro atoms. The number of aliphatic hydroxyl groups is 1. The Balaban J connectivity index is 1.73. The standard InChI is InChI=1S/C14H17N7O/c1-9-7-12(18-17-9)15-13-11-3-2-5-21(11)19-14(16-13)20-6-4-10(22)8-20/h2-3,5,7,10,22H,4,6,8H2,1H3,(H2,15,16,17,18,19). The Bertz CT molecular complexity index is 808. The van der Waals surface area contributed by atoms with Gasteiger partial charge in [0.2, 0.25) is 5.95 Å². The predicted octanol–water partition coefficient (Wildman–Crippen LogP) is 1.08. The number of aromatic nitrogens is 5. The minimum atomic E-state index is -0.311. The topological polar surface area (TPSA) is 94.4 Å². The van der Waals surface area contributed by atoms with Gasteiger partial charge in [0.15, 0.2) is 11.6 Å². The van der Waals surface area contributed by atoms with E-state index in [1.807, 2.05) is 36.2 Å². The van der Waals surface area contributed by atoms with Gasteiger partial charge in [-0.15, -0.1) is 5.10 Å². The zero-order valence-corrected chi connectivity index (χ0v) is 12.2. The monoisotopic (exact) mass is 299 g/mol. The number of aryl methyl sites for hydroxylation is 1. The lowest BCUT2D eigenvalue weighted by Gasteiger charge is -2.16. The van der Waals surface area contributed by atoms with E-state index in [9.17, 15) is 5.11 Å². The van der Waals surface area contributed by atoms with Crippen LogP contribution in [0.1, 0.15) is 12.1 Å². The fourth-order valence-electron chi connectivity index (χ4n) is 2.68. The van der Waals surface area contributed by atoms with Crippen molar-refractivity contribution in [1.82, 2.24) is 24.8 Å². The number of hydrogen-bond acceptors (Lipinski definition) is 6. The molecule has 0 amide bonds. The Morgan fingerprint density at radius 3 is 3.09 bits per heavy atom. The first kappa shape index (κ1) is 13.1. The molecular weight excluding hydrogens is 282 g/mol. The minimum Gasteiger partial charge on any atom is -0.391 e. The second-order valence-corrected chi connectivity index (χ2v) is 5.55. The van der Waals surface area contributed by atoms with Gasteiger partial charge in [0.25, 0.3) is 0 Å². The Morgan fingerprint density at radius 1 is 1.45 bits per heavy atom. The Labute approximate surface area is 126 Å². The first-order valence-electron chi connectivity index (χ1n) is 7.26. The van der Waals surface area contributed by atoms with Crippen LogP contribution in [-0.2, 0) is 0 Å². The summed E-state index contributed by atoms with van der Waals surface area (Å²) in [5.41, 5.74) is 1.86. The molecule has 0 bridgehead atoms. The molecule has 1 unspecified atom stereocenters. The molecule has 114 valence electrons. The van der Waals surface area contributed by atoms with Crippen LogP contribution in [0.15, 0.2) is 24.4 Å². The Morgan fingerprint density at radius 2 is 2.36 bits per heavy atom. The third-order valence-electron chi connectivity index (χ3n) is 3.78. The van der Waals surface area contributed by atoms with Gasteiger partial charge in [-0.1, -0.05) is 0 Å². The van der Waals surface area contributed by atoms with Gasteiger partial charge in [0.1, 0.15) is 5.52 Å². The van der Waals surface area contributed by atoms with Crippen molar-refractivity contribution in [1.29, 1.82) is 0 Å². The molecule has 4 heterocycles. The quantitative estimate of drug-likeness (QED) is 0.670. The summed E-state index contributed by atoms with van der Waals surface area (Å²) in [5, 5.41) is 24.5. The van der Waals surface area contributed by atoms with Crippen LogP contribution in [0.2, 0.25) is 0 Å². The van der Waals surface area contributed by atoms with Crippen molar-refractivity contribution in [2.24, 2.45) is 0 Å². The number of aromatic amines is 1. The van der Waals surface area contributed by atoms with Crippen molar-refractivity contribution in [2.75, 3.05) is 23.3 Å². The lowest BCUT2D eigenvalue weighted by Crippen LogP contribution is -2.24. The third-order valence-corrected chi connectivity index (χ3v) is 3.78. The van der Waals surface area contributed by atoms with E-state index < -0.39 is 0 Å². The number of aliphatic hydroxyl groups excluding tert-OH is 1. The average molecular weight is 299 g/mol. The molecule has 0 radical (unpaired) electrons. The van der Waals surface area contributed by atoms with Crippen molar-refractivity contribution in [3.05, 3.63) is 30.1 Å². The van der Waals surface area contributed by atoms with Crippen LogP contribution in [0, 0.1) is 6.92 Å². The van der Waals surface area contributed by atoms with Gasteiger partial charge < -0.3 is 15.3 Å². The lowest BCUT2D eigenvalue weighted by molar-refractivity contribution is 0.198. The molecule has 3 aromatic rings. The number of β-amino-alcohol motifs (C(OH)–C–C–N with tert-alkyl or cyclic N) is 1. The van der Waals surface area contributed by atoms with Gasteiger partial charge in [-0.2, -0.15) is 10.1 Å². The van der Waals surface area contributed by atoms with Crippen LogP contribution in [0.4, 0.5) is 17.6 Å². The molecule has 1 saturated heterocycles. The summed E-state index contributed by atoms with van der Waals surface area (Å²) in [5.74, 6) is 2.02. The zero-order valence-electron chi connectivity index (χ0n) is 12.2. The normalized spacial score (nSPS) is 18.3.